The van der Waals surface area contributed by atoms with Crippen LogP contribution < -0.4 is 4.74 Å². The zero-order valence-electron chi connectivity index (χ0n) is 19.0. The lowest BCUT2D eigenvalue weighted by Gasteiger charge is -2.45. The molecule has 4 nitrogen and oxygen atoms in total. The Balaban J connectivity index is 1.50. The molecule has 4 heteroatoms. The lowest BCUT2D eigenvalue weighted by molar-refractivity contribution is -0.126. The van der Waals surface area contributed by atoms with Crippen LogP contribution in [0.4, 0.5) is 0 Å². The van der Waals surface area contributed by atoms with Crippen LogP contribution in [0.5, 0.6) is 5.75 Å². The van der Waals surface area contributed by atoms with E-state index >= 15 is 0 Å². The van der Waals surface area contributed by atoms with Gasteiger partial charge in [0.25, 0.3) is 0 Å². The van der Waals surface area contributed by atoms with Crippen LogP contribution >= 0.6 is 0 Å². The van der Waals surface area contributed by atoms with Crippen LogP contribution in [0.25, 0.3) is 0 Å². The Bertz CT molecular complexity index is 1100. The number of carbonyl (C=O) groups is 1. The highest BCUT2D eigenvalue weighted by molar-refractivity contribution is 5.87. The topological polar surface area (TPSA) is 53.4 Å². The van der Waals surface area contributed by atoms with Gasteiger partial charge in [0.1, 0.15) is 17.4 Å². The van der Waals surface area contributed by atoms with E-state index in [-0.39, 0.29) is 17.3 Å². The van der Waals surface area contributed by atoms with Gasteiger partial charge in [-0.25, -0.2) is 0 Å². The van der Waals surface area contributed by atoms with Crippen molar-refractivity contribution in [1.29, 1.82) is 5.41 Å². The number of Topliss-reactive ketones (excluding diaryl/α,β-unsaturated/α-hetero) is 1. The van der Waals surface area contributed by atoms with Crippen molar-refractivity contribution in [2.75, 3.05) is 20.2 Å². The summed E-state index contributed by atoms with van der Waals surface area (Å²) in [6, 6.07) is 29.2. The van der Waals surface area contributed by atoms with Crippen molar-refractivity contribution in [1.82, 2.24) is 4.90 Å². The second-order valence-corrected chi connectivity index (χ2v) is 9.22. The van der Waals surface area contributed by atoms with Gasteiger partial charge in [0.2, 0.25) is 0 Å². The number of ketones is 1. The minimum Gasteiger partial charge on any atom is -0.496 e. The van der Waals surface area contributed by atoms with E-state index in [1.54, 1.807) is 7.11 Å². The average Bonchev–Trinajstić information content (AvgIpc) is 3.33. The molecule has 1 N–H and O–H groups in total. The molecule has 2 aliphatic rings. The van der Waals surface area contributed by atoms with Gasteiger partial charge in [0, 0.05) is 48.7 Å². The van der Waals surface area contributed by atoms with E-state index in [0.29, 0.717) is 37.6 Å². The summed E-state index contributed by atoms with van der Waals surface area (Å²) in [4.78, 5) is 15.3. The number of nitrogens with one attached hydrogen (secondary N) is 1. The fourth-order valence-corrected chi connectivity index (χ4v) is 6.04. The number of benzene rings is 3. The molecule has 33 heavy (non-hydrogen) atoms. The molecule has 0 spiro atoms. The molecular formula is C29H30N2O2. The molecule has 0 radical (unpaired) electrons. The molecule has 3 aromatic rings. The fourth-order valence-electron chi connectivity index (χ4n) is 6.04. The van der Waals surface area contributed by atoms with Crippen molar-refractivity contribution in [2.24, 2.45) is 11.8 Å². The third-order valence-electron chi connectivity index (χ3n) is 7.64. The van der Waals surface area contributed by atoms with E-state index in [4.69, 9.17) is 10.1 Å². The highest BCUT2D eigenvalue weighted by atomic mass is 16.5. The predicted molar refractivity (Wildman–Crippen MR) is 131 cm³/mol. The number of likely N-dealkylation sites (tertiary alicyclic amines) is 1. The highest BCUT2D eigenvalue weighted by Crippen LogP contribution is 2.52. The summed E-state index contributed by atoms with van der Waals surface area (Å²) in [5.41, 5.74) is 3.33. The predicted octanol–water partition coefficient (Wildman–Crippen LogP) is 5.11. The number of hydrogen-bond acceptors (Lipinski definition) is 3. The van der Waals surface area contributed by atoms with Gasteiger partial charge in [-0.3, -0.25) is 10.2 Å². The standard InChI is InChI=1S/C29H30N2O2/c1-33-27-15-9-8-10-21(27)18-28(30)31-19-24-25(20-31)29(17-16-26(24)32,22-11-4-2-5-12-22)23-13-6-3-7-14-23/h2-15,24-25,30H,16-20H2,1H3/t24-,25+/m1/s1. The van der Waals surface area contributed by atoms with E-state index < -0.39 is 0 Å². The first-order valence-electron chi connectivity index (χ1n) is 11.7. The smallest absolute Gasteiger partial charge is 0.138 e. The summed E-state index contributed by atoms with van der Waals surface area (Å²) in [5, 5.41) is 8.91. The minimum atomic E-state index is -0.222. The van der Waals surface area contributed by atoms with Crippen molar-refractivity contribution in [3.8, 4) is 5.75 Å². The fraction of sp³-hybridized carbons (Fsp3) is 0.310. The molecule has 2 atom stereocenters. The van der Waals surface area contributed by atoms with E-state index in [1.807, 2.05) is 24.3 Å². The molecule has 0 bridgehead atoms. The molecular weight excluding hydrogens is 408 g/mol. The van der Waals surface area contributed by atoms with E-state index in [1.165, 1.54) is 11.1 Å². The molecule has 1 saturated carbocycles. The van der Waals surface area contributed by atoms with E-state index in [0.717, 1.165) is 17.7 Å². The van der Waals surface area contributed by atoms with Gasteiger partial charge in [-0.15, -0.1) is 0 Å². The number of methoxy groups -OCH3 is 1. The Hall–Kier alpha value is -3.40. The molecule has 1 saturated heterocycles. The quantitative estimate of drug-likeness (QED) is 0.445. The first kappa shape index (κ1) is 21.4. The maximum atomic E-state index is 13.1. The monoisotopic (exact) mass is 438 g/mol. The third kappa shape index (κ3) is 3.74. The normalized spacial score (nSPS) is 21.5. The maximum absolute atomic E-state index is 13.1. The van der Waals surface area contributed by atoms with Crippen LogP contribution in [-0.4, -0.2) is 36.7 Å². The van der Waals surface area contributed by atoms with Gasteiger partial charge in [-0.1, -0.05) is 78.9 Å². The number of rotatable bonds is 5. The Kier molecular flexibility index (Phi) is 5.76. The summed E-state index contributed by atoms with van der Waals surface area (Å²) < 4.78 is 5.50. The molecule has 168 valence electrons. The number of fused-ring (bicyclic) bond motifs is 1. The number of amidine groups is 1. The number of ether oxygens (including phenoxy) is 1. The second kappa shape index (κ2) is 8.86. The molecule has 1 heterocycles. The summed E-state index contributed by atoms with van der Waals surface area (Å²) in [6.45, 7) is 1.34. The van der Waals surface area contributed by atoms with Gasteiger partial charge < -0.3 is 9.64 Å². The van der Waals surface area contributed by atoms with Crippen molar-refractivity contribution in [3.63, 3.8) is 0 Å². The van der Waals surface area contributed by atoms with Crippen molar-refractivity contribution in [3.05, 3.63) is 102 Å². The zero-order valence-corrected chi connectivity index (χ0v) is 19.0. The van der Waals surface area contributed by atoms with Crippen LogP contribution in [0, 0.1) is 17.2 Å². The molecule has 1 aliphatic carbocycles. The van der Waals surface area contributed by atoms with Gasteiger partial charge in [-0.2, -0.15) is 0 Å². The molecule has 2 fully saturated rings. The van der Waals surface area contributed by atoms with Gasteiger partial charge in [-0.05, 0) is 23.6 Å². The summed E-state index contributed by atoms with van der Waals surface area (Å²) in [7, 11) is 1.67. The van der Waals surface area contributed by atoms with Crippen LogP contribution in [0.2, 0.25) is 0 Å². The van der Waals surface area contributed by atoms with Crippen LogP contribution in [-0.2, 0) is 16.6 Å². The van der Waals surface area contributed by atoms with Crippen molar-refractivity contribution < 1.29 is 9.53 Å². The van der Waals surface area contributed by atoms with Crippen molar-refractivity contribution >= 4 is 11.6 Å². The molecule has 0 aromatic heterocycles. The average molecular weight is 439 g/mol. The largest absolute Gasteiger partial charge is 0.496 e. The Morgan fingerprint density at radius 3 is 2.18 bits per heavy atom. The molecule has 3 aromatic carbocycles. The molecule has 0 amide bonds. The molecule has 5 rings (SSSR count). The SMILES string of the molecule is COc1ccccc1CC(=N)N1C[C@H]2C(=O)CCC(c3ccccc3)(c3ccccc3)[C@H]2C1. The zero-order chi connectivity index (χ0) is 22.8. The minimum absolute atomic E-state index is 0.0582. The number of para-hydroxylation sites is 1. The second-order valence-electron chi connectivity index (χ2n) is 9.22. The Morgan fingerprint density at radius 2 is 1.55 bits per heavy atom. The maximum Gasteiger partial charge on any atom is 0.138 e. The van der Waals surface area contributed by atoms with Crippen LogP contribution in [0.15, 0.2) is 84.9 Å². The highest BCUT2D eigenvalue weighted by Gasteiger charge is 2.54. The number of carbonyl (C=O) groups excluding carboxylic acids is 1. The lowest BCUT2D eigenvalue weighted by Crippen LogP contribution is -2.47. The third-order valence-corrected chi connectivity index (χ3v) is 7.64. The summed E-state index contributed by atoms with van der Waals surface area (Å²) >= 11 is 0. The van der Waals surface area contributed by atoms with Crippen LogP contribution in [0.3, 0.4) is 0 Å². The number of hydrogen-bond donors (Lipinski definition) is 1. The first-order chi connectivity index (χ1) is 16.1. The summed E-state index contributed by atoms with van der Waals surface area (Å²) in [6.07, 6.45) is 1.90. The number of nitrogens with zero attached hydrogens (tertiary/aromatic N) is 1. The van der Waals surface area contributed by atoms with Crippen LogP contribution in [0.1, 0.15) is 29.5 Å². The molecule has 0 unspecified atom stereocenters. The van der Waals surface area contributed by atoms with Crippen molar-refractivity contribution in [2.45, 2.75) is 24.7 Å². The molecule has 1 aliphatic heterocycles. The summed E-state index contributed by atoms with van der Waals surface area (Å²) in [5.74, 6) is 1.78. The Morgan fingerprint density at radius 1 is 0.939 bits per heavy atom. The van der Waals surface area contributed by atoms with E-state index in [9.17, 15) is 4.79 Å². The lowest BCUT2D eigenvalue weighted by atomic mass is 9.56. The van der Waals surface area contributed by atoms with Gasteiger partial charge >= 0.3 is 0 Å². The Labute approximate surface area is 195 Å². The first-order valence-corrected chi connectivity index (χ1v) is 11.7. The van der Waals surface area contributed by atoms with E-state index in [2.05, 4.69) is 65.6 Å². The van der Waals surface area contributed by atoms with Gasteiger partial charge in [0.15, 0.2) is 0 Å². The van der Waals surface area contributed by atoms with Gasteiger partial charge in [0.05, 0.1) is 7.11 Å².